The number of hydrogen-bond donors (Lipinski definition) is 0. The summed E-state index contributed by atoms with van der Waals surface area (Å²) >= 11 is 12.8. The van der Waals surface area contributed by atoms with Gasteiger partial charge in [0, 0.05) is 59.9 Å². The maximum Gasteiger partial charge on any atom is 0.114 e. The standard InChI is InChI=1S/C58H68N2S7/c1-5-9-13-17-21-41-35-37-61-47(41)27-29-49-43(23-19-15-11-7-3)39-55(63-49)53-33-31-51(65-53)45-25-26-46(58-57(45)59-67-60-58)52-32-34-54(66-52)56-40-44(24-20-16-12-8-4)50(64-56)30-28-48-42(36-38-62-48)22-18-14-10-6-2/h25-40H,5-24H2,1-4H3/b29-27+,30-28+. The fourth-order valence-corrected chi connectivity index (χ4v) is 15.7. The quantitative estimate of drug-likeness (QED) is 0.0457. The van der Waals surface area contributed by atoms with Crippen LogP contribution in [0.5, 0.6) is 0 Å². The summed E-state index contributed by atoms with van der Waals surface area (Å²) in [6.07, 6.45) is 34.9. The van der Waals surface area contributed by atoms with Crippen molar-refractivity contribution in [2.24, 2.45) is 0 Å². The minimum Gasteiger partial charge on any atom is -0.172 e. The Hall–Kier alpha value is -3.28. The molecule has 0 saturated carbocycles. The smallest absolute Gasteiger partial charge is 0.114 e. The van der Waals surface area contributed by atoms with Gasteiger partial charge in [-0.05, 0) is 157 Å². The summed E-state index contributed by atoms with van der Waals surface area (Å²) in [7, 11) is 0. The molecule has 7 heterocycles. The molecule has 0 aliphatic carbocycles. The zero-order valence-corrected chi connectivity index (χ0v) is 45.8. The second kappa shape index (κ2) is 26.1. The van der Waals surface area contributed by atoms with Crippen molar-refractivity contribution in [1.82, 2.24) is 8.75 Å². The van der Waals surface area contributed by atoms with Crippen LogP contribution >= 0.6 is 79.7 Å². The molecule has 67 heavy (non-hydrogen) atoms. The lowest BCUT2D eigenvalue weighted by Crippen LogP contribution is -1.86. The summed E-state index contributed by atoms with van der Waals surface area (Å²) in [4.78, 5) is 13.6. The second-order valence-electron chi connectivity index (χ2n) is 18.0. The number of unbranched alkanes of at least 4 members (excludes halogenated alkanes) is 12. The Morgan fingerprint density at radius 3 is 1.13 bits per heavy atom. The van der Waals surface area contributed by atoms with E-state index in [2.05, 4.69) is 123 Å². The Balaban J connectivity index is 1.01. The Kier molecular flexibility index (Phi) is 19.5. The van der Waals surface area contributed by atoms with Crippen LogP contribution in [0.2, 0.25) is 0 Å². The van der Waals surface area contributed by atoms with Gasteiger partial charge in [-0.25, -0.2) is 0 Å². The van der Waals surface area contributed by atoms with Gasteiger partial charge in [-0.2, -0.15) is 8.75 Å². The number of aromatic nitrogens is 2. The average Bonchev–Trinajstić information content (AvgIpc) is 4.21. The monoisotopic (exact) mass is 1020 g/mol. The Morgan fingerprint density at radius 2 is 0.731 bits per heavy atom. The van der Waals surface area contributed by atoms with E-state index in [1.165, 1.54) is 209 Å². The molecule has 0 radical (unpaired) electrons. The van der Waals surface area contributed by atoms with Crippen molar-refractivity contribution in [3.8, 4) is 40.4 Å². The molecule has 8 rings (SSSR count). The van der Waals surface area contributed by atoms with Gasteiger partial charge in [0.1, 0.15) is 11.0 Å². The molecule has 0 amide bonds. The number of nitrogens with zero attached hydrogens (tertiary/aromatic N) is 2. The van der Waals surface area contributed by atoms with E-state index in [1.54, 1.807) is 0 Å². The predicted molar refractivity (Wildman–Crippen MR) is 309 cm³/mol. The summed E-state index contributed by atoms with van der Waals surface area (Å²) in [5.74, 6) is 0. The van der Waals surface area contributed by atoms with Crippen molar-refractivity contribution in [1.29, 1.82) is 0 Å². The van der Waals surface area contributed by atoms with Gasteiger partial charge in [-0.1, -0.05) is 117 Å². The maximum atomic E-state index is 4.94. The molecule has 0 N–H and O–H groups in total. The van der Waals surface area contributed by atoms with Crippen LogP contribution in [0.15, 0.2) is 71.4 Å². The first-order chi connectivity index (χ1) is 33.1. The highest BCUT2D eigenvalue weighted by atomic mass is 32.1. The molecular weight excluding hydrogens is 949 g/mol. The Morgan fingerprint density at radius 1 is 0.358 bits per heavy atom. The normalized spacial score (nSPS) is 12.1. The highest BCUT2D eigenvalue weighted by molar-refractivity contribution is 7.25. The van der Waals surface area contributed by atoms with Crippen LogP contribution in [0, 0.1) is 0 Å². The SMILES string of the molecule is CCCCCCc1ccsc1/C=C/c1sc(-c2ccc(-c3ccc(-c4ccc(-c5cc(CCCCCC)c(/C=C/c6sccc6CCCCCC)s5)s4)c4nsnc34)s2)cc1CCCCCC. The second-order valence-corrected chi connectivity index (χ2v) is 24.7. The van der Waals surface area contributed by atoms with Crippen LogP contribution < -0.4 is 0 Å². The third-order valence-corrected chi connectivity index (χ3v) is 20.2. The molecular formula is C58H68N2S7. The number of hydrogen-bond acceptors (Lipinski definition) is 9. The third kappa shape index (κ3) is 13.3. The maximum absolute atomic E-state index is 4.94. The summed E-state index contributed by atoms with van der Waals surface area (Å²) in [6, 6.07) is 23.5. The molecule has 9 heteroatoms. The van der Waals surface area contributed by atoms with E-state index in [1.807, 2.05) is 68.0 Å². The van der Waals surface area contributed by atoms with Crippen LogP contribution in [-0.2, 0) is 25.7 Å². The lowest BCUT2D eigenvalue weighted by atomic mass is 10.0. The van der Waals surface area contributed by atoms with Crippen LogP contribution in [-0.4, -0.2) is 8.75 Å². The number of rotatable bonds is 28. The first-order valence-electron chi connectivity index (χ1n) is 25.3. The highest BCUT2D eigenvalue weighted by Crippen LogP contribution is 2.46. The lowest BCUT2D eigenvalue weighted by molar-refractivity contribution is 0.667. The molecule has 0 unspecified atom stereocenters. The van der Waals surface area contributed by atoms with Gasteiger partial charge in [-0.3, -0.25) is 0 Å². The van der Waals surface area contributed by atoms with Crippen molar-refractivity contribution in [2.45, 2.75) is 156 Å². The molecule has 0 bridgehead atoms. The van der Waals surface area contributed by atoms with E-state index in [-0.39, 0.29) is 0 Å². The van der Waals surface area contributed by atoms with Gasteiger partial charge in [0.25, 0.3) is 0 Å². The summed E-state index contributed by atoms with van der Waals surface area (Å²) in [5, 5.41) is 4.54. The zero-order valence-electron chi connectivity index (χ0n) is 40.1. The van der Waals surface area contributed by atoms with Gasteiger partial charge >= 0.3 is 0 Å². The van der Waals surface area contributed by atoms with E-state index >= 15 is 0 Å². The van der Waals surface area contributed by atoms with Crippen molar-refractivity contribution in [2.75, 3.05) is 0 Å². The summed E-state index contributed by atoms with van der Waals surface area (Å²) in [5.41, 5.74) is 10.4. The fourth-order valence-electron chi connectivity index (χ4n) is 8.97. The van der Waals surface area contributed by atoms with Gasteiger partial charge in [0.15, 0.2) is 0 Å². The molecule has 2 nitrogen and oxygen atoms in total. The highest BCUT2D eigenvalue weighted by Gasteiger charge is 2.19. The minimum absolute atomic E-state index is 1.01. The Labute approximate surface area is 429 Å². The van der Waals surface area contributed by atoms with Crippen LogP contribution in [0.1, 0.15) is 172 Å². The molecule has 352 valence electrons. The predicted octanol–water partition coefficient (Wildman–Crippen LogP) is 21.6. The van der Waals surface area contributed by atoms with Crippen LogP contribution in [0.4, 0.5) is 0 Å². The van der Waals surface area contributed by atoms with E-state index in [9.17, 15) is 0 Å². The van der Waals surface area contributed by atoms with E-state index in [0.29, 0.717) is 0 Å². The molecule has 0 fully saturated rings. The first-order valence-corrected chi connectivity index (χ1v) is 31.0. The molecule has 0 aliphatic rings. The molecule has 0 atom stereocenters. The van der Waals surface area contributed by atoms with Crippen LogP contribution in [0.25, 0.3) is 75.7 Å². The van der Waals surface area contributed by atoms with Gasteiger partial charge in [0.2, 0.25) is 0 Å². The van der Waals surface area contributed by atoms with E-state index in [4.69, 9.17) is 8.75 Å². The fraction of sp³-hybridized carbons (Fsp3) is 0.414. The third-order valence-electron chi connectivity index (χ3n) is 12.9. The van der Waals surface area contributed by atoms with Crippen molar-refractivity contribution in [3.05, 3.63) is 113 Å². The largest absolute Gasteiger partial charge is 0.172 e. The Bertz CT molecular complexity index is 2600. The molecule has 0 spiro atoms. The molecule has 0 saturated heterocycles. The lowest BCUT2D eigenvalue weighted by Gasteiger charge is -2.03. The zero-order chi connectivity index (χ0) is 46.2. The van der Waals surface area contributed by atoms with Gasteiger partial charge in [-0.15, -0.1) is 68.0 Å². The summed E-state index contributed by atoms with van der Waals surface area (Å²) < 4.78 is 9.88. The van der Waals surface area contributed by atoms with Gasteiger partial charge in [0.05, 0.1) is 11.7 Å². The van der Waals surface area contributed by atoms with Gasteiger partial charge < -0.3 is 0 Å². The minimum atomic E-state index is 1.01. The average molecular weight is 1020 g/mol. The number of benzene rings is 1. The molecule has 0 aliphatic heterocycles. The number of thiophene rings is 6. The molecule has 8 aromatic rings. The van der Waals surface area contributed by atoms with E-state index in [0.717, 1.165) is 23.9 Å². The van der Waals surface area contributed by atoms with Crippen molar-refractivity contribution >= 4 is 115 Å². The molecule has 7 aromatic heterocycles. The van der Waals surface area contributed by atoms with Crippen molar-refractivity contribution in [3.63, 3.8) is 0 Å². The first kappa shape index (κ1) is 50.1. The van der Waals surface area contributed by atoms with Crippen molar-refractivity contribution < 1.29 is 0 Å². The van der Waals surface area contributed by atoms with Crippen LogP contribution in [0.3, 0.4) is 0 Å². The number of fused-ring (bicyclic) bond motifs is 1. The number of aryl methyl sites for hydroxylation is 4. The summed E-state index contributed by atoms with van der Waals surface area (Å²) in [6.45, 7) is 9.19. The molecule has 1 aromatic carbocycles. The topological polar surface area (TPSA) is 25.8 Å². The van der Waals surface area contributed by atoms with E-state index < -0.39 is 0 Å².